The van der Waals surface area contributed by atoms with E-state index in [-0.39, 0.29) is 28.6 Å². The number of likely N-dealkylation sites (N-methyl/N-ethyl adjacent to an activating group) is 1. The van der Waals surface area contributed by atoms with Gasteiger partial charge in [-0.05, 0) is 50.6 Å². The van der Waals surface area contributed by atoms with E-state index in [1.54, 1.807) is 20.2 Å². The number of quaternary nitrogens is 1. The van der Waals surface area contributed by atoms with E-state index in [0.29, 0.717) is 37.5 Å². The van der Waals surface area contributed by atoms with Gasteiger partial charge in [0.05, 0.1) is 56.4 Å². The molecule has 5 unspecified atom stereocenters. The summed E-state index contributed by atoms with van der Waals surface area (Å²) in [6.45, 7) is 0.730. The number of aliphatic hydroxyl groups is 4. The zero-order valence-corrected chi connectivity index (χ0v) is 27.7. The number of hydrogen-bond acceptors (Lipinski definition) is 12. The van der Waals surface area contributed by atoms with Crippen molar-refractivity contribution in [1.82, 2.24) is 10.2 Å². The van der Waals surface area contributed by atoms with Crippen LogP contribution in [0.15, 0.2) is 59.4 Å². The number of fused-ring (bicyclic) bond motifs is 4. The number of aromatic hydroxyl groups is 1. The molecule has 3 fully saturated rings. The molecule has 15 heteroatoms. The molecule has 2 aromatic rings. The highest BCUT2D eigenvalue weighted by molar-refractivity contribution is 6.76. The fraction of sp³-hybridized carbons (Fsp3) is 0.441. The average Bonchev–Trinajstić information content (AvgIpc) is 3.60. The number of para-hydroxylation sites is 1. The van der Waals surface area contributed by atoms with Gasteiger partial charge in [-0.2, -0.15) is 0 Å². The van der Waals surface area contributed by atoms with Crippen LogP contribution in [0.2, 0.25) is 0 Å². The summed E-state index contributed by atoms with van der Waals surface area (Å²) in [5.74, 6) is -7.08. The van der Waals surface area contributed by atoms with Crippen LogP contribution in [-0.4, -0.2) is 125 Å². The fourth-order valence-electron chi connectivity index (χ4n) is 9.13. The number of nitrogens with one attached hydrogen (secondary N) is 1. The lowest BCUT2D eigenvalue weighted by atomic mass is 9.54. The second-order valence-corrected chi connectivity index (χ2v) is 14.1. The second-order valence-electron chi connectivity index (χ2n) is 14.1. The van der Waals surface area contributed by atoms with E-state index in [2.05, 4.69) is 5.32 Å². The molecule has 2 aliphatic heterocycles. The molecule has 2 aromatic carbocycles. The Balaban J connectivity index is 1.29. The molecule has 2 heterocycles. The predicted octanol–water partition coefficient (Wildman–Crippen LogP) is -0.0507. The monoisotopic (exact) mass is 677 g/mol. The summed E-state index contributed by atoms with van der Waals surface area (Å²) in [7, 11) is 4.63. The van der Waals surface area contributed by atoms with Crippen LogP contribution in [0.4, 0.5) is 0 Å². The maximum atomic E-state index is 14.4. The van der Waals surface area contributed by atoms with Gasteiger partial charge in [0.1, 0.15) is 29.5 Å². The van der Waals surface area contributed by atoms with Gasteiger partial charge in [-0.3, -0.25) is 19.3 Å². The van der Waals surface area contributed by atoms with E-state index in [1.807, 2.05) is 18.2 Å². The number of ketones is 2. The molecule has 3 aliphatic carbocycles. The van der Waals surface area contributed by atoms with E-state index in [9.17, 15) is 39.9 Å². The minimum Gasteiger partial charge on any atom is -0.508 e. The van der Waals surface area contributed by atoms with Gasteiger partial charge in [0.15, 0.2) is 11.4 Å². The first-order chi connectivity index (χ1) is 23.2. The summed E-state index contributed by atoms with van der Waals surface area (Å²) in [6.07, 6.45) is -0.226. The zero-order valence-electron chi connectivity index (χ0n) is 27.7. The molecule has 0 spiro atoms. The predicted molar refractivity (Wildman–Crippen MR) is 174 cm³/mol. The third kappa shape index (κ3) is 4.26. The molecule has 7 rings (SSSR count). The number of nitrogens with zero attached hydrogens (tertiary/aromatic N) is 2. The Kier molecular flexibility index (Phi) is 7.56. The van der Waals surface area contributed by atoms with Crippen LogP contribution in [0, 0.1) is 11.8 Å². The minimum absolute atomic E-state index is 0.0731. The topological polar surface area (TPSA) is 195 Å². The summed E-state index contributed by atoms with van der Waals surface area (Å²) >= 11 is 0. The lowest BCUT2D eigenvalue weighted by molar-refractivity contribution is -0.822. The molecular weight excluding hydrogens is 637 g/mol. The second kappa shape index (κ2) is 11.1. The number of Topliss-reactive ketones (excluding diaryl/α,β-unsaturated/α-hetero) is 2. The number of phenols is 1. The van der Waals surface area contributed by atoms with E-state index in [1.165, 1.54) is 37.1 Å². The smallest absolute Gasteiger partial charge is 0.507 e. The Labute approximate surface area is 282 Å². The summed E-state index contributed by atoms with van der Waals surface area (Å²) in [5.41, 5.74) is -5.17. The van der Waals surface area contributed by atoms with Crippen molar-refractivity contribution < 1.29 is 58.4 Å². The van der Waals surface area contributed by atoms with Crippen LogP contribution in [-0.2, 0) is 29.3 Å². The Morgan fingerprint density at radius 3 is 2.39 bits per heavy atom. The molecule has 0 bridgehead atoms. The number of phenolic OH excluding ortho intramolecular Hbond substituents is 1. The van der Waals surface area contributed by atoms with E-state index < -0.39 is 81.7 Å². The molecule has 1 amide bonds. The summed E-state index contributed by atoms with van der Waals surface area (Å²) in [5, 5.41) is 60.5. The van der Waals surface area contributed by atoms with Crippen LogP contribution in [0.25, 0.3) is 5.76 Å². The molecule has 0 radical (unpaired) electrons. The number of hydrogen-bond donors (Lipinski definition) is 6. The first-order valence-electron chi connectivity index (χ1n) is 16.3. The third-order valence-electron chi connectivity index (χ3n) is 11.6. The molecule has 1 saturated carbocycles. The minimum atomic E-state index is -2.82. The highest BCUT2D eigenvalue weighted by Crippen LogP contribution is 2.57. The van der Waals surface area contributed by atoms with Crippen molar-refractivity contribution in [3.63, 3.8) is 0 Å². The van der Waals surface area contributed by atoms with Gasteiger partial charge in [0.2, 0.25) is 5.78 Å². The molecule has 2 saturated heterocycles. The highest BCUT2D eigenvalue weighted by Gasteiger charge is 2.67. The molecule has 49 heavy (non-hydrogen) atoms. The van der Waals surface area contributed by atoms with Crippen molar-refractivity contribution in [2.45, 2.75) is 30.6 Å². The molecular formula is C34H40BN3O11. The lowest BCUT2D eigenvalue weighted by Gasteiger charge is -2.53. The number of carbonyl (C=O) groups is 3. The van der Waals surface area contributed by atoms with Gasteiger partial charge in [-0.25, -0.2) is 0 Å². The number of aliphatic hydroxyl groups excluding tert-OH is 2. The molecule has 14 nitrogen and oxygen atoms in total. The average molecular weight is 678 g/mol. The molecule has 6 N–H and O–H groups in total. The van der Waals surface area contributed by atoms with E-state index in [4.69, 9.17) is 14.0 Å². The van der Waals surface area contributed by atoms with Crippen LogP contribution in [0.3, 0.4) is 0 Å². The van der Waals surface area contributed by atoms with Crippen molar-refractivity contribution in [3.05, 3.63) is 70.5 Å². The van der Waals surface area contributed by atoms with Crippen molar-refractivity contribution in [2.75, 3.05) is 54.2 Å². The standard InChI is InChI=1S/C34H40BN3O11/c1-33(45)18-8-7-10-22(39)24(18)28(40)25-19(33)16-20-27(37(2)3)29(41)26(31(43)34(20,46)30(25)42)32(44)36-17-38-12-14-48-35(38,49-15-13-38)21-9-5-6-11-23(21)47-4/h5-11,19-20,27,39-40,43,45-46H,12-17H2,1-4H3,(H,36,44). The Morgan fingerprint density at radius 1 is 1.06 bits per heavy atom. The molecule has 5 atom stereocenters. The number of ether oxygens (including phenoxy) is 1. The normalized spacial score (nSPS) is 35.2. The van der Waals surface area contributed by atoms with Gasteiger partial charge in [0.25, 0.3) is 5.91 Å². The fourth-order valence-corrected chi connectivity index (χ4v) is 9.13. The molecule has 0 aromatic heterocycles. The molecule has 260 valence electrons. The van der Waals surface area contributed by atoms with E-state index >= 15 is 0 Å². The van der Waals surface area contributed by atoms with Crippen molar-refractivity contribution >= 4 is 35.4 Å². The van der Waals surface area contributed by atoms with Gasteiger partial charge >= 0.3 is 6.69 Å². The van der Waals surface area contributed by atoms with Crippen LogP contribution in [0.1, 0.15) is 24.5 Å². The summed E-state index contributed by atoms with van der Waals surface area (Å²) in [4.78, 5) is 44.1. The molecule has 5 aliphatic rings. The van der Waals surface area contributed by atoms with Crippen molar-refractivity contribution in [2.24, 2.45) is 11.8 Å². The summed E-state index contributed by atoms with van der Waals surface area (Å²) in [6, 6.07) is 10.3. The van der Waals surface area contributed by atoms with Crippen LogP contribution < -0.4 is 15.5 Å². The lowest BCUT2D eigenvalue weighted by Crippen LogP contribution is -2.72. The maximum absolute atomic E-state index is 14.4. The van der Waals surface area contributed by atoms with Gasteiger partial charge in [-0.15, -0.1) is 0 Å². The number of rotatable bonds is 6. The first-order valence-corrected chi connectivity index (χ1v) is 16.3. The third-order valence-corrected chi connectivity index (χ3v) is 11.6. The Bertz CT molecular complexity index is 1850. The largest absolute Gasteiger partial charge is 0.508 e. The van der Waals surface area contributed by atoms with Gasteiger partial charge < -0.3 is 49.3 Å². The van der Waals surface area contributed by atoms with E-state index in [0.717, 1.165) is 0 Å². The van der Waals surface area contributed by atoms with Gasteiger partial charge in [-0.1, -0.05) is 30.3 Å². The number of carbonyl (C=O) groups excluding carboxylic acids is 3. The highest BCUT2D eigenvalue weighted by atomic mass is 16.6. The number of amides is 1. The van der Waals surface area contributed by atoms with Crippen molar-refractivity contribution in [1.29, 1.82) is 0 Å². The Hall–Kier alpha value is -4.25. The quantitative estimate of drug-likeness (QED) is 0.177. The zero-order chi connectivity index (χ0) is 35.3. The summed E-state index contributed by atoms with van der Waals surface area (Å²) < 4.78 is 18.3. The van der Waals surface area contributed by atoms with Crippen LogP contribution in [0.5, 0.6) is 11.5 Å². The first kappa shape index (κ1) is 33.3. The number of methoxy groups -OCH3 is 1. The number of benzene rings is 2. The van der Waals surface area contributed by atoms with Crippen LogP contribution >= 0.6 is 0 Å². The van der Waals surface area contributed by atoms with Gasteiger partial charge in [0, 0.05) is 17.4 Å². The maximum Gasteiger partial charge on any atom is 0.507 e. The Morgan fingerprint density at radius 2 is 1.73 bits per heavy atom. The van der Waals surface area contributed by atoms with Crippen molar-refractivity contribution in [3.8, 4) is 11.5 Å². The SMILES string of the molecule is COc1ccccc1[B-]12OCC[N+]1(CNC(=O)C1=C(O)C3(O)C(=O)C4=C(O)c5c(O)cccc5C(C)(O)C4CC3C(N(C)C)C1=O)CCO2.